The van der Waals surface area contributed by atoms with Gasteiger partial charge in [0.2, 0.25) is 0 Å². The smallest absolute Gasteiger partial charge is 0.120 e. The Labute approximate surface area is 123 Å². The van der Waals surface area contributed by atoms with Crippen molar-refractivity contribution in [2.75, 3.05) is 5.32 Å². The summed E-state index contributed by atoms with van der Waals surface area (Å²) >= 11 is 0. The summed E-state index contributed by atoms with van der Waals surface area (Å²) in [5, 5.41) is 12.4. The first-order chi connectivity index (χ1) is 10.3. The number of para-hydroxylation sites is 2. The summed E-state index contributed by atoms with van der Waals surface area (Å²) in [7, 11) is 1.88. The van der Waals surface area contributed by atoms with E-state index in [1.54, 1.807) is 12.5 Å². The van der Waals surface area contributed by atoms with Crippen LogP contribution in [0.2, 0.25) is 0 Å². The second kappa shape index (κ2) is 5.55. The highest BCUT2D eigenvalue weighted by Gasteiger charge is 2.05. The number of hydrogen-bond acceptors (Lipinski definition) is 3. The van der Waals surface area contributed by atoms with Crippen LogP contribution in [-0.2, 0) is 13.6 Å². The van der Waals surface area contributed by atoms with E-state index in [9.17, 15) is 0 Å². The molecule has 0 spiro atoms. The lowest BCUT2D eigenvalue weighted by molar-refractivity contribution is 0.902. The van der Waals surface area contributed by atoms with Gasteiger partial charge >= 0.3 is 0 Å². The first-order valence-corrected chi connectivity index (χ1v) is 6.64. The van der Waals surface area contributed by atoms with Gasteiger partial charge in [-0.3, -0.25) is 0 Å². The quantitative estimate of drug-likeness (QED) is 0.797. The molecule has 5 nitrogen and oxygen atoms in total. The van der Waals surface area contributed by atoms with Crippen molar-refractivity contribution >= 4 is 5.69 Å². The molecule has 0 saturated carbocycles. The molecule has 2 aromatic heterocycles. The predicted octanol–water partition coefficient (Wildman–Crippen LogP) is 2.69. The minimum absolute atomic E-state index is 0.662. The van der Waals surface area contributed by atoms with Gasteiger partial charge in [0.15, 0.2) is 0 Å². The van der Waals surface area contributed by atoms with Crippen LogP contribution in [0.3, 0.4) is 0 Å². The van der Waals surface area contributed by atoms with E-state index in [2.05, 4.69) is 16.4 Å². The molecular weight excluding hydrogens is 262 g/mol. The summed E-state index contributed by atoms with van der Waals surface area (Å²) in [5.41, 5.74) is 3.81. The standard InChI is InChI=1S/C16H15N5/c1-20-11-13(8-14(20)9-17)10-19-15-4-2-3-5-16(15)21-7-6-18-12-21/h2-8,11-12,19H,10H2,1H3. The van der Waals surface area contributed by atoms with E-state index < -0.39 is 0 Å². The third-order valence-corrected chi connectivity index (χ3v) is 3.35. The Hall–Kier alpha value is -3.00. The lowest BCUT2D eigenvalue weighted by Gasteiger charge is -2.11. The van der Waals surface area contributed by atoms with Gasteiger partial charge in [0.1, 0.15) is 11.8 Å². The maximum Gasteiger partial charge on any atom is 0.120 e. The van der Waals surface area contributed by atoms with Gasteiger partial charge in [-0.05, 0) is 23.8 Å². The first-order valence-electron chi connectivity index (χ1n) is 6.64. The van der Waals surface area contributed by atoms with Crippen LogP contribution in [0.4, 0.5) is 5.69 Å². The summed E-state index contributed by atoms with van der Waals surface area (Å²) in [6, 6.07) is 12.1. The first kappa shape index (κ1) is 13.0. The Morgan fingerprint density at radius 2 is 2.19 bits per heavy atom. The highest BCUT2D eigenvalue weighted by molar-refractivity contribution is 5.61. The molecule has 0 amide bonds. The molecule has 0 saturated heterocycles. The summed E-state index contributed by atoms with van der Waals surface area (Å²) in [5.74, 6) is 0. The van der Waals surface area contributed by atoms with Gasteiger partial charge in [0, 0.05) is 32.2 Å². The van der Waals surface area contributed by atoms with Crippen LogP contribution < -0.4 is 5.32 Å². The third-order valence-electron chi connectivity index (χ3n) is 3.35. The monoisotopic (exact) mass is 277 g/mol. The van der Waals surface area contributed by atoms with Gasteiger partial charge in [0.05, 0.1) is 17.7 Å². The molecule has 1 N–H and O–H groups in total. The summed E-state index contributed by atoms with van der Waals surface area (Å²) in [6.07, 6.45) is 7.41. The molecule has 1 aromatic carbocycles. The average Bonchev–Trinajstić information content (AvgIpc) is 3.15. The summed E-state index contributed by atoms with van der Waals surface area (Å²) in [4.78, 5) is 4.08. The number of imidazole rings is 1. The van der Waals surface area contributed by atoms with Crippen molar-refractivity contribution in [2.45, 2.75) is 6.54 Å². The van der Waals surface area contributed by atoms with E-state index in [4.69, 9.17) is 5.26 Å². The number of benzene rings is 1. The SMILES string of the molecule is Cn1cc(CNc2ccccc2-n2ccnc2)cc1C#N. The molecule has 0 fully saturated rings. The molecule has 0 radical (unpaired) electrons. The van der Waals surface area contributed by atoms with Crippen molar-refractivity contribution in [2.24, 2.45) is 7.05 Å². The van der Waals surface area contributed by atoms with Gasteiger partial charge in [-0.2, -0.15) is 5.26 Å². The minimum atomic E-state index is 0.662. The van der Waals surface area contributed by atoms with Crippen molar-refractivity contribution in [3.8, 4) is 11.8 Å². The Bertz CT molecular complexity index is 777. The van der Waals surface area contributed by atoms with Crippen LogP contribution in [0.25, 0.3) is 5.69 Å². The molecule has 0 aliphatic heterocycles. The average molecular weight is 277 g/mol. The second-order valence-corrected chi connectivity index (χ2v) is 4.80. The maximum atomic E-state index is 8.98. The summed E-state index contributed by atoms with van der Waals surface area (Å²) < 4.78 is 3.80. The lowest BCUT2D eigenvalue weighted by atomic mass is 10.2. The maximum absolute atomic E-state index is 8.98. The summed E-state index contributed by atoms with van der Waals surface area (Å²) in [6.45, 7) is 0.668. The number of aromatic nitrogens is 3. The van der Waals surface area contributed by atoms with E-state index in [1.165, 1.54) is 0 Å². The molecule has 5 heteroatoms. The van der Waals surface area contributed by atoms with Gasteiger partial charge in [-0.25, -0.2) is 4.98 Å². The highest BCUT2D eigenvalue weighted by Crippen LogP contribution is 2.20. The van der Waals surface area contributed by atoms with E-state index in [0.717, 1.165) is 16.9 Å². The molecule has 3 rings (SSSR count). The molecule has 0 aliphatic carbocycles. The lowest BCUT2D eigenvalue weighted by Crippen LogP contribution is -2.03. The zero-order valence-corrected chi connectivity index (χ0v) is 11.7. The number of anilines is 1. The van der Waals surface area contributed by atoms with E-state index in [0.29, 0.717) is 12.2 Å². The van der Waals surface area contributed by atoms with Gasteiger partial charge in [-0.1, -0.05) is 12.1 Å². The van der Waals surface area contributed by atoms with Gasteiger partial charge in [-0.15, -0.1) is 0 Å². The van der Waals surface area contributed by atoms with Crippen molar-refractivity contribution in [1.29, 1.82) is 5.26 Å². The number of aryl methyl sites for hydroxylation is 1. The van der Waals surface area contributed by atoms with Crippen molar-refractivity contribution in [3.05, 3.63) is 66.5 Å². The third kappa shape index (κ3) is 2.65. The predicted molar refractivity (Wildman–Crippen MR) is 81.0 cm³/mol. The van der Waals surface area contributed by atoms with Crippen molar-refractivity contribution in [3.63, 3.8) is 0 Å². The zero-order chi connectivity index (χ0) is 14.7. The van der Waals surface area contributed by atoms with E-state index >= 15 is 0 Å². The number of rotatable bonds is 4. The molecule has 3 aromatic rings. The Morgan fingerprint density at radius 1 is 1.33 bits per heavy atom. The minimum Gasteiger partial charge on any atom is -0.379 e. The topological polar surface area (TPSA) is 58.6 Å². The number of nitrogens with one attached hydrogen (secondary N) is 1. The Morgan fingerprint density at radius 3 is 2.90 bits per heavy atom. The molecule has 2 heterocycles. The van der Waals surface area contributed by atoms with Crippen molar-refractivity contribution in [1.82, 2.24) is 14.1 Å². The second-order valence-electron chi connectivity index (χ2n) is 4.80. The number of hydrogen-bond donors (Lipinski definition) is 1. The number of nitrogens with zero attached hydrogens (tertiary/aromatic N) is 4. The van der Waals surface area contributed by atoms with Gasteiger partial charge in [0.25, 0.3) is 0 Å². The molecule has 0 aliphatic rings. The van der Waals surface area contributed by atoms with Gasteiger partial charge < -0.3 is 14.5 Å². The number of nitriles is 1. The van der Waals surface area contributed by atoms with Crippen LogP contribution in [0.15, 0.2) is 55.2 Å². The van der Waals surface area contributed by atoms with Crippen LogP contribution >= 0.6 is 0 Å². The van der Waals surface area contributed by atoms with Crippen LogP contribution in [0.5, 0.6) is 0 Å². The largest absolute Gasteiger partial charge is 0.379 e. The normalized spacial score (nSPS) is 10.3. The van der Waals surface area contributed by atoms with Crippen molar-refractivity contribution < 1.29 is 0 Å². The molecule has 104 valence electrons. The molecular formula is C16H15N5. The van der Waals surface area contributed by atoms with E-state index in [1.807, 2.05) is 58.9 Å². The van der Waals surface area contributed by atoms with Crippen LogP contribution in [-0.4, -0.2) is 14.1 Å². The van der Waals surface area contributed by atoms with Crippen LogP contribution in [0, 0.1) is 11.3 Å². The fraction of sp³-hybridized carbons (Fsp3) is 0.125. The molecule has 21 heavy (non-hydrogen) atoms. The Balaban J connectivity index is 1.81. The Kier molecular flexibility index (Phi) is 3.44. The molecule has 0 unspecified atom stereocenters. The fourth-order valence-electron chi connectivity index (χ4n) is 2.29. The molecule has 0 bridgehead atoms. The zero-order valence-electron chi connectivity index (χ0n) is 11.7. The highest BCUT2D eigenvalue weighted by atomic mass is 15.1. The fourth-order valence-corrected chi connectivity index (χ4v) is 2.29. The molecule has 0 atom stereocenters. The van der Waals surface area contributed by atoms with Crippen LogP contribution in [0.1, 0.15) is 11.3 Å². The van der Waals surface area contributed by atoms with E-state index in [-0.39, 0.29) is 0 Å².